The summed E-state index contributed by atoms with van der Waals surface area (Å²) in [7, 11) is -16.0. The molecule has 144 heavy (non-hydrogen) atoms. The van der Waals surface area contributed by atoms with Gasteiger partial charge in [-0.3, -0.25) is 14.6 Å². The van der Waals surface area contributed by atoms with Crippen LogP contribution in [0.2, 0.25) is 0 Å². The molecule has 7 fully saturated rings. The number of oxazole rings is 1. The van der Waals surface area contributed by atoms with Gasteiger partial charge >= 0.3 is 0 Å². The normalized spacial score (nSPS) is 19.1. The van der Waals surface area contributed by atoms with Gasteiger partial charge in [0.2, 0.25) is 56.0 Å². The average Bonchev–Trinajstić information content (AvgIpc) is 0.897. The Kier molecular flexibility index (Phi) is 35.8. The number of Topliss-reactive ketones (excluding diaryl/α,β-unsaturated/α-hetero) is 2. The molecule has 7 saturated heterocycles. The van der Waals surface area contributed by atoms with Crippen molar-refractivity contribution in [2.75, 3.05) is 216 Å². The molecule has 0 radical (unpaired) electrons. The highest BCUT2D eigenvalue weighted by atomic mass is 32.2. The van der Waals surface area contributed by atoms with E-state index in [1.807, 2.05) is 80.3 Å². The lowest BCUT2D eigenvalue weighted by atomic mass is 9.87. The molecule has 0 spiro atoms. The number of nitrogens with zero attached hydrogens (tertiary/aromatic N) is 19. The summed E-state index contributed by atoms with van der Waals surface area (Å²) in [4.78, 5) is 93.2. The molecule has 772 valence electrons. The van der Waals surface area contributed by atoms with Crippen LogP contribution in [0.4, 0.5) is 44.9 Å². The minimum Gasteiger partial charge on any atom is -0.445 e. The van der Waals surface area contributed by atoms with Crippen molar-refractivity contribution < 1.29 is 70.0 Å². The van der Waals surface area contributed by atoms with E-state index < -0.39 is 50.1 Å². The molecular formula is C99H129FN24O15S5. The summed E-state index contributed by atoms with van der Waals surface area (Å²) in [5.74, 6) is 5.73. The van der Waals surface area contributed by atoms with Crippen LogP contribution in [0.3, 0.4) is 0 Å². The number of carbonyl (C=O) groups is 2. The van der Waals surface area contributed by atoms with Crippen LogP contribution in [0.1, 0.15) is 107 Å². The van der Waals surface area contributed by atoms with Gasteiger partial charge in [-0.05, 0) is 190 Å². The Bertz CT molecular complexity index is 7070. The number of aromatic nitrogens is 12. The fraction of sp³-hybridized carbons (Fsp3) is 0.495. The zero-order chi connectivity index (χ0) is 102. The second-order valence-electron chi connectivity index (χ2n) is 39.0. The fourth-order valence-corrected chi connectivity index (χ4v) is 21.8. The van der Waals surface area contributed by atoms with Crippen LogP contribution in [-0.2, 0) is 77.2 Å². The fourth-order valence-electron chi connectivity index (χ4n) is 19.1. The van der Waals surface area contributed by atoms with Crippen LogP contribution in [0.5, 0.6) is 0 Å². The van der Waals surface area contributed by atoms with Crippen molar-refractivity contribution in [3.8, 4) is 11.5 Å². The van der Waals surface area contributed by atoms with E-state index in [4.69, 9.17) is 13.9 Å². The third-order valence-corrected chi connectivity index (χ3v) is 29.9. The van der Waals surface area contributed by atoms with Crippen molar-refractivity contribution in [1.29, 1.82) is 0 Å². The molecule has 45 heteroatoms. The first kappa shape index (κ1) is 107. The topological polar surface area (TPSA) is 474 Å². The maximum Gasteiger partial charge on any atom is 0.225 e. The second kappa shape index (κ2) is 48.2. The lowest BCUT2D eigenvalue weighted by molar-refractivity contribution is -0.125. The van der Waals surface area contributed by atoms with Gasteiger partial charge in [0.15, 0.2) is 5.78 Å². The average molecular weight is 2070 g/mol. The summed E-state index contributed by atoms with van der Waals surface area (Å²) >= 11 is 0. The Morgan fingerprint density at radius 3 is 1.09 bits per heavy atom. The van der Waals surface area contributed by atoms with Crippen LogP contribution >= 0.6 is 0 Å². The van der Waals surface area contributed by atoms with Crippen LogP contribution in [0.25, 0.3) is 66.0 Å². The largest absolute Gasteiger partial charge is 0.445 e. The number of ketones is 2. The number of morpholine rings is 2. The number of hydrogen-bond donors (Lipinski definition) is 5. The smallest absolute Gasteiger partial charge is 0.225 e. The first-order valence-corrected chi connectivity index (χ1v) is 58.2. The number of ether oxygens (including phenoxy) is 2. The molecular weight excluding hydrogens is 1940 g/mol. The minimum atomic E-state index is -3.22. The van der Waals surface area contributed by atoms with Crippen molar-refractivity contribution in [1.82, 2.24) is 83.4 Å². The molecule has 7 aliphatic heterocycles. The Balaban J connectivity index is 0.000000136. The van der Waals surface area contributed by atoms with E-state index >= 15 is 0 Å². The Morgan fingerprint density at radius 2 is 0.722 bits per heavy atom. The molecule has 0 amide bonds. The van der Waals surface area contributed by atoms with Crippen LogP contribution in [0, 0.1) is 40.8 Å². The molecule has 5 unspecified atom stereocenters. The summed E-state index contributed by atoms with van der Waals surface area (Å²) in [5.41, 5.74) is 8.64. The first-order chi connectivity index (χ1) is 68.8. The molecule has 7 aliphatic rings. The maximum absolute atomic E-state index is 14.9. The van der Waals surface area contributed by atoms with E-state index in [0.717, 1.165) is 226 Å². The lowest BCUT2D eigenvalue weighted by Crippen LogP contribution is -2.41. The first-order valence-electron chi connectivity index (χ1n) is 48.7. The van der Waals surface area contributed by atoms with Crippen molar-refractivity contribution in [2.24, 2.45) is 35.0 Å². The minimum absolute atomic E-state index is 0.0387. The standard InChI is InChI=1S/C22H25N5O3S.C21H30N4O3S.C19H26FN5O3S.C19H27N5O3S.C18H21N5O3S/c1-31(29,30)26-13-17-5-4-10-27(14-17)22-18-11-16(7-8-19(18)24-15-25-22)12-21(28)20-6-2-3-9-23-20;1-21(2,3)19(26)11-15-7-8-18-17(10-15)20(23-14-22-18)25-9-5-6-16(13-25)12-24-29(4,27)28;1-29(26,27)23-11-14-3-2-4-25(12-14)19-15-9-16(20)18(10-17(15)21-13-22-19)24-5-7-28-8-6-24;1-28(25,26)22-12-15-3-2-6-24(13-15)19-17-11-16(23-7-9-27-10-8-23)4-5-18(17)20-14-21-19;1-27(24,25)22-10-13-3-2-7-23(11-13)17-15-9-14(18-19-6-8-26-18)4-5-16(15)20-12-21-17/h2-3,6-9,11,15,17,26H,4-5,10,12-14H2,1H3;7-8,10,14,16,24H,5-6,9,11-13H2,1-4H3;9-10,13-14,23H,2-8,11-12H2,1H3;4-5,11,14-15,22H,2-3,6-10,12-13H2,1H3;4-6,8-9,12-13,22H,2-3,7,10-11H2,1H3. The molecule has 39 nitrogen and oxygen atoms in total. The Labute approximate surface area is 841 Å². The SMILES string of the molecule is CC(C)(C)C(=O)Cc1ccc2ncnc(N3CCCC(CNS(C)(=O)=O)C3)c2c1.CS(=O)(=O)NCC1CCCN(c2ncnc3cc(N4CCOCC4)c(F)cc23)C1.CS(=O)(=O)NCC1CCCN(c2ncnc3ccc(-c4ncco4)cc23)C1.CS(=O)(=O)NCC1CCCN(c2ncnc3ccc(CC(=O)c4ccccn4)cc23)C1.CS(=O)(=O)NCC1CCCN(c2ncnc3ccc(N4CCOCC4)cc23)C1. The van der Waals surface area contributed by atoms with Crippen molar-refractivity contribution >= 4 is 157 Å². The summed E-state index contributed by atoms with van der Waals surface area (Å²) in [6, 6.07) is 32.5. The van der Waals surface area contributed by atoms with Gasteiger partial charge < -0.3 is 48.2 Å². The van der Waals surface area contributed by atoms with Crippen LogP contribution in [0.15, 0.2) is 158 Å². The van der Waals surface area contributed by atoms with E-state index in [-0.39, 0.29) is 58.8 Å². The zero-order valence-corrected chi connectivity index (χ0v) is 86.7. The highest BCUT2D eigenvalue weighted by Gasteiger charge is 2.33. The molecule has 14 heterocycles. The number of piperidine rings is 5. The predicted octanol–water partition coefficient (Wildman–Crippen LogP) is 9.42. The molecule has 5 atom stereocenters. The lowest BCUT2D eigenvalue weighted by Gasteiger charge is -2.34. The number of pyridine rings is 1. The quantitative estimate of drug-likeness (QED) is 0.0285. The molecule has 7 aromatic heterocycles. The molecule has 0 saturated carbocycles. The van der Waals surface area contributed by atoms with Gasteiger partial charge in [-0.15, -0.1) is 0 Å². The number of rotatable bonds is 28. The number of anilines is 7. The number of sulfonamides is 5. The van der Waals surface area contributed by atoms with Gasteiger partial charge in [-0.25, -0.2) is 125 Å². The Hall–Kier alpha value is -11.5. The summed E-state index contributed by atoms with van der Waals surface area (Å²) in [6.07, 6.45) is 28.9. The molecule has 0 aliphatic carbocycles. The number of fused-ring (bicyclic) bond motifs is 5. The third-order valence-electron chi connectivity index (χ3n) is 26.4. The van der Waals surface area contributed by atoms with E-state index in [9.17, 15) is 56.1 Å². The second-order valence-corrected chi connectivity index (χ2v) is 48.2. The maximum atomic E-state index is 14.9. The summed E-state index contributed by atoms with van der Waals surface area (Å²) < 4.78 is 158. The molecule has 19 rings (SSSR count). The molecule has 0 bridgehead atoms. The molecule has 5 N–H and O–H groups in total. The zero-order valence-electron chi connectivity index (χ0n) is 82.6. The van der Waals surface area contributed by atoms with E-state index in [2.05, 4.69) is 131 Å². The molecule has 12 aromatic rings. The molecule has 5 aromatic carbocycles. The van der Waals surface area contributed by atoms with Gasteiger partial charge in [0.05, 0.1) is 97.2 Å². The van der Waals surface area contributed by atoms with E-state index in [0.29, 0.717) is 113 Å². The van der Waals surface area contributed by atoms with Crippen molar-refractivity contribution in [3.05, 3.63) is 176 Å². The van der Waals surface area contributed by atoms with E-state index in [1.165, 1.54) is 49.4 Å². The number of benzene rings is 5. The third kappa shape index (κ3) is 30.6. The highest BCUT2D eigenvalue weighted by Crippen LogP contribution is 2.38. The van der Waals surface area contributed by atoms with Gasteiger partial charge in [0.1, 0.15) is 84.3 Å². The van der Waals surface area contributed by atoms with Crippen LogP contribution < -0.4 is 57.9 Å². The van der Waals surface area contributed by atoms with Crippen molar-refractivity contribution in [2.45, 2.75) is 97.8 Å². The number of hydrogen-bond acceptors (Lipinski definition) is 34. The van der Waals surface area contributed by atoms with Gasteiger partial charge in [-0.2, -0.15) is 0 Å². The van der Waals surface area contributed by atoms with Gasteiger partial charge in [-0.1, -0.05) is 39.0 Å². The van der Waals surface area contributed by atoms with E-state index in [1.54, 1.807) is 68.2 Å². The number of halogens is 1. The number of carbonyl (C=O) groups excluding carboxylic acids is 2. The van der Waals surface area contributed by atoms with Crippen LogP contribution in [-0.4, -0.2) is 296 Å². The summed E-state index contributed by atoms with van der Waals surface area (Å²) in [6.45, 7) is 21.7. The summed E-state index contributed by atoms with van der Waals surface area (Å²) in [5, 5.41) is 4.49. The number of nitrogens with one attached hydrogen (secondary N) is 5. The van der Waals surface area contributed by atoms with Crippen molar-refractivity contribution in [3.63, 3.8) is 0 Å². The van der Waals surface area contributed by atoms with Gasteiger partial charge in [0, 0.05) is 187 Å². The predicted molar refractivity (Wildman–Crippen MR) is 559 cm³/mol. The monoisotopic (exact) mass is 2070 g/mol. The Morgan fingerprint density at radius 1 is 0.368 bits per heavy atom. The highest BCUT2D eigenvalue weighted by molar-refractivity contribution is 7.89. The van der Waals surface area contributed by atoms with Gasteiger partial charge in [0.25, 0.3) is 0 Å².